The maximum atomic E-state index is 10.8. The summed E-state index contributed by atoms with van der Waals surface area (Å²) in [5, 5.41) is 14.9. The lowest BCUT2D eigenvalue weighted by Crippen LogP contribution is -2.46. The Morgan fingerprint density at radius 1 is 1.20 bits per heavy atom. The van der Waals surface area contributed by atoms with Gasteiger partial charge in [0.15, 0.2) is 0 Å². The Hall–Kier alpha value is -1.68. The van der Waals surface area contributed by atoms with Crippen molar-refractivity contribution in [2.24, 2.45) is 10.8 Å². The van der Waals surface area contributed by atoms with Crippen LogP contribution in [0.1, 0.15) is 40.5 Å². The molecule has 166 valence electrons. The Labute approximate surface area is 193 Å². The Balaban J connectivity index is 0.00000155. The van der Waals surface area contributed by atoms with E-state index in [0.717, 1.165) is 37.4 Å². The lowest BCUT2D eigenvalue weighted by atomic mass is 9.70. The first-order valence-electron chi connectivity index (χ1n) is 10.1. The third-order valence-corrected chi connectivity index (χ3v) is 5.44. The molecule has 0 saturated carbocycles. The fraction of sp³-hybridized carbons (Fsp3) is 0.591. The monoisotopic (exact) mass is 528 g/mol. The molecule has 0 aliphatic carbocycles. The molecule has 2 aromatic rings. The molecule has 1 atom stereocenters. The number of alkyl halides is 1. The van der Waals surface area contributed by atoms with Crippen LogP contribution in [0.2, 0.25) is 0 Å². The van der Waals surface area contributed by atoms with E-state index in [1.807, 2.05) is 29.2 Å². The molecule has 1 fully saturated rings. The van der Waals surface area contributed by atoms with E-state index in [9.17, 15) is 10.1 Å². The van der Waals surface area contributed by atoms with Gasteiger partial charge in [0.25, 0.3) is 0 Å². The quantitative estimate of drug-likeness (QED) is 0.231. The summed E-state index contributed by atoms with van der Waals surface area (Å²) in [6.45, 7) is 11.3. The van der Waals surface area contributed by atoms with Crippen LogP contribution >= 0.6 is 22.6 Å². The van der Waals surface area contributed by atoms with Gasteiger partial charge in [-0.2, -0.15) is 5.10 Å². The van der Waals surface area contributed by atoms with Crippen molar-refractivity contribution >= 4 is 28.3 Å². The number of hydrogen-bond donors (Lipinski definition) is 0. The largest absolute Gasteiger partial charge is 0.490 e. The first-order valence-corrected chi connectivity index (χ1v) is 12.2. The van der Waals surface area contributed by atoms with Gasteiger partial charge >= 0.3 is 5.69 Å². The van der Waals surface area contributed by atoms with Gasteiger partial charge in [0.1, 0.15) is 24.2 Å². The molecule has 1 saturated heterocycles. The van der Waals surface area contributed by atoms with Crippen molar-refractivity contribution < 1.29 is 9.66 Å². The highest BCUT2D eigenvalue weighted by Gasteiger charge is 2.39. The van der Waals surface area contributed by atoms with Crippen LogP contribution in [0.5, 0.6) is 5.75 Å². The number of halogens is 1. The normalized spacial score (nSPS) is 21.0. The molecule has 30 heavy (non-hydrogen) atoms. The molecule has 0 bridgehead atoms. The fourth-order valence-corrected chi connectivity index (χ4v) is 4.55. The van der Waals surface area contributed by atoms with Crippen molar-refractivity contribution in [1.29, 1.82) is 0 Å². The standard InChI is InChI=1S/C21H30N4O3.CH3I/c1-20(2)14-21(3,4)19(10-11-23(5)15-20)28-18-8-6-16(7-9-18)24-13-17(12-22-24)25(26)27;1-2/h6-9,12-13,19H,10-11,14-15H2,1-5H3;1H3. The summed E-state index contributed by atoms with van der Waals surface area (Å²) in [4.78, 5) is 14.7. The lowest BCUT2D eigenvalue weighted by Gasteiger charge is -2.44. The average molecular weight is 528 g/mol. The minimum absolute atomic E-state index is 0.0247. The Morgan fingerprint density at radius 2 is 1.83 bits per heavy atom. The number of likely N-dealkylation sites (tertiary alicyclic amines) is 1. The van der Waals surface area contributed by atoms with Gasteiger partial charge < -0.3 is 9.64 Å². The van der Waals surface area contributed by atoms with Gasteiger partial charge in [0.05, 0.1) is 10.6 Å². The number of rotatable bonds is 4. The van der Waals surface area contributed by atoms with Crippen LogP contribution < -0.4 is 4.74 Å². The second-order valence-corrected chi connectivity index (χ2v) is 9.36. The first kappa shape index (κ1) is 24.6. The van der Waals surface area contributed by atoms with E-state index in [1.165, 1.54) is 17.1 Å². The van der Waals surface area contributed by atoms with Crippen LogP contribution in [0, 0.1) is 20.9 Å². The molecule has 1 unspecified atom stereocenters. The fourth-order valence-electron chi connectivity index (χ4n) is 4.55. The van der Waals surface area contributed by atoms with E-state index >= 15 is 0 Å². The molecule has 0 N–H and O–H groups in total. The molecular formula is C22H33IN4O3. The van der Waals surface area contributed by atoms with Crippen LogP contribution in [0.25, 0.3) is 5.69 Å². The van der Waals surface area contributed by atoms with E-state index < -0.39 is 4.92 Å². The molecule has 8 heteroatoms. The zero-order valence-corrected chi connectivity index (χ0v) is 20.9. The molecule has 7 nitrogen and oxygen atoms in total. The molecule has 0 radical (unpaired) electrons. The summed E-state index contributed by atoms with van der Waals surface area (Å²) in [7, 11) is 2.18. The molecule has 3 rings (SSSR count). The molecular weight excluding hydrogens is 495 g/mol. The van der Waals surface area contributed by atoms with Crippen molar-refractivity contribution in [3.05, 3.63) is 46.8 Å². The zero-order chi connectivity index (χ0) is 22.5. The number of nitrogens with zero attached hydrogens (tertiary/aromatic N) is 4. The SMILES string of the molecule is CI.CN1CCC(Oc2ccc(-n3cc([N+](=O)[O-])cn3)cc2)C(C)(C)CC(C)(C)C1. The van der Waals surface area contributed by atoms with E-state index in [1.54, 1.807) is 0 Å². The second-order valence-electron chi connectivity index (χ2n) is 9.36. The smallest absolute Gasteiger partial charge is 0.307 e. The van der Waals surface area contributed by atoms with Gasteiger partial charge in [-0.1, -0.05) is 50.3 Å². The Morgan fingerprint density at radius 3 is 2.40 bits per heavy atom. The maximum Gasteiger partial charge on any atom is 0.307 e. The van der Waals surface area contributed by atoms with Crippen molar-refractivity contribution in [2.45, 2.75) is 46.6 Å². The number of hydrogen-bond acceptors (Lipinski definition) is 5. The molecule has 2 heterocycles. The molecule has 0 spiro atoms. The van der Waals surface area contributed by atoms with E-state index in [2.05, 4.69) is 67.3 Å². The highest BCUT2D eigenvalue weighted by atomic mass is 127. The highest BCUT2D eigenvalue weighted by Crippen LogP contribution is 2.41. The molecule has 1 aliphatic rings. The van der Waals surface area contributed by atoms with Gasteiger partial charge in [-0.15, -0.1) is 0 Å². The van der Waals surface area contributed by atoms with Crippen LogP contribution in [0.15, 0.2) is 36.7 Å². The topological polar surface area (TPSA) is 73.4 Å². The number of benzene rings is 1. The van der Waals surface area contributed by atoms with E-state index in [0.29, 0.717) is 0 Å². The molecule has 0 amide bonds. The first-order chi connectivity index (χ1) is 14.1. The summed E-state index contributed by atoms with van der Waals surface area (Å²) in [6.07, 6.45) is 4.84. The summed E-state index contributed by atoms with van der Waals surface area (Å²) in [6, 6.07) is 7.56. The predicted octanol–water partition coefficient (Wildman–Crippen LogP) is 5.36. The van der Waals surface area contributed by atoms with E-state index in [-0.39, 0.29) is 22.6 Å². The summed E-state index contributed by atoms with van der Waals surface area (Å²) < 4.78 is 7.92. The van der Waals surface area contributed by atoms with Crippen LogP contribution in [0.4, 0.5) is 5.69 Å². The van der Waals surface area contributed by atoms with Crippen molar-refractivity contribution in [1.82, 2.24) is 14.7 Å². The average Bonchev–Trinajstić information content (AvgIpc) is 3.15. The van der Waals surface area contributed by atoms with Gasteiger partial charge in [-0.05, 0) is 54.5 Å². The van der Waals surface area contributed by atoms with Crippen LogP contribution in [0.3, 0.4) is 0 Å². The summed E-state index contributed by atoms with van der Waals surface area (Å²) in [5.74, 6) is 0.810. The number of ether oxygens (including phenoxy) is 1. The summed E-state index contributed by atoms with van der Waals surface area (Å²) in [5.41, 5.74) is 1.03. The van der Waals surface area contributed by atoms with Crippen LogP contribution in [-0.2, 0) is 0 Å². The second kappa shape index (κ2) is 10.1. The van der Waals surface area contributed by atoms with Gasteiger partial charge in [-0.25, -0.2) is 4.68 Å². The van der Waals surface area contributed by atoms with E-state index in [4.69, 9.17) is 4.74 Å². The molecule has 1 aliphatic heterocycles. The number of aromatic nitrogens is 2. The zero-order valence-electron chi connectivity index (χ0n) is 18.8. The maximum absolute atomic E-state index is 10.8. The molecule has 1 aromatic heterocycles. The number of nitro groups is 1. The Bertz CT molecular complexity index is 833. The van der Waals surface area contributed by atoms with Crippen molar-refractivity contribution in [2.75, 3.05) is 25.1 Å². The third-order valence-electron chi connectivity index (χ3n) is 5.44. The Kier molecular flexibility index (Phi) is 8.27. The van der Waals surface area contributed by atoms with Crippen LogP contribution in [-0.4, -0.2) is 50.8 Å². The lowest BCUT2D eigenvalue weighted by molar-refractivity contribution is -0.384. The molecule has 1 aromatic carbocycles. The predicted molar refractivity (Wildman–Crippen MR) is 129 cm³/mol. The van der Waals surface area contributed by atoms with Gasteiger partial charge in [0.2, 0.25) is 0 Å². The summed E-state index contributed by atoms with van der Waals surface area (Å²) >= 11 is 2.15. The minimum Gasteiger partial charge on any atom is -0.490 e. The van der Waals surface area contributed by atoms with Crippen molar-refractivity contribution in [3.63, 3.8) is 0 Å². The van der Waals surface area contributed by atoms with Crippen molar-refractivity contribution in [3.8, 4) is 11.4 Å². The van der Waals surface area contributed by atoms with Gasteiger partial charge in [0, 0.05) is 18.5 Å². The minimum atomic E-state index is -0.448. The van der Waals surface area contributed by atoms with Gasteiger partial charge in [-0.3, -0.25) is 10.1 Å². The highest BCUT2D eigenvalue weighted by molar-refractivity contribution is 14.1. The third kappa shape index (κ3) is 6.41.